The van der Waals surface area contributed by atoms with Crippen LogP contribution < -0.4 is 15.4 Å². The van der Waals surface area contributed by atoms with Crippen LogP contribution in [0.5, 0.6) is 5.75 Å². The molecule has 2 aromatic heterocycles. The molecule has 2 aliphatic rings. The molecule has 206 valence electrons. The molecule has 5 rings (SSSR count). The SMILES string of the molecule is CC(C)CNC(=O)CNC(=O)COc1ccc(/C=C/c2ccc3n2[B-](F)(F)[N+]2=C(c4ccc[nH]4)C=CC2=C3)cc1. The van der Waals surface area contributed by atoms with E-state index >= 15 is 8.63 Å². The molecule has 0 unspecified atom stereocenters. The Morgan fingerprint density at radius 3 is 2.58 bits per heavy atom. The van der Waals surface area contributed by atoms with Gasteiger partial charge in [0.2, 0.25) is 5.91 Å². The van der Waals surface area contributed by atoms with Crippen molar-refractivity contribution in [2.75, 3.05) is 19.7 Å². The monoisotopic (exact) mass is 545 g/mol. The molecule has 0 saturated carbocycles. The fraction of sp³-hybridized carbons (Fsp3) is 0.207. The lowest BCUT2D eigenvalue weighted by atomic mass is 9.90. The van der Waals surface area contributed by atoms with Gasteiger partial charge in [0.1, 0.15) is 11.4 Å². The Balaban J connectivity index is 1.22. The highest BCUT2D eigenvalue weighted by atomic mass is 19.2. The number of halogens is 2. The maximum Gasteiger partial charge on any atom is 0.737 e. The maximum absolute atomic E-state index is 15.9. The van der Waals surface area contributed by atoms with E-state index in [1.54, 1.807) is 85.1 Å². The van der Waals surface area contributed by atoms with E-state index in [9.17, 15) is 9.59 Å². The van der Waals surface area contributed by atoms with Gasteiger partial charge in [-0.15, -0.1) is 0 Å². The van der Waals surface area contributed by atoms with Gasteiger partial charge in [0.15, 0.2) is 18.0 Å². The van der Waals surface area contributed by atoms with Crippen LogP contribution in [-0.4, -0.2) is 58.1 Å². The lowest BCUT2D eigenvalue weighted by molar-refractivity contribution is -0.360. The maximum atomic E-state index is 15.9. The molecule has 11 heteroatoms. The zero-order valence-corrected chi connectivity index (χ0v) is 22.2. The van der Waals surface area contributed by atoms with Crippen LogP contribution in [0.3, 0.4) is 0 Å². The van der Waals surface area contributed by atoms with Gasteiger partial charge in [-0.3, -0.25) is 9.59 Å². The lowest BCUT2D eigenvalue weighted by Gasteiger charge is -2.30. The largest absolute Gasteiger partial charge is 0.737 e. The van der Waals surface area contributed by atoms with Crippen molar-refractivity contribution < 1.29 is 27.4 Å². The Labute approximate surface area is 230 Å². The van der Waals surface area contributed by atoms with Crippen molar-refractivity contribution in [2.24, 2.45) is 5.92 Å². The summed E-state index contributed by atoms with van der Waals surface area (Å²) in [7, 11) is 0. The highest BCUT2D eigenvalue weighted by Gasteiger charge is 2.52. The molecule has 2 amide bonds. The summed E-state index contributed by atoms with van der Waals surface area (Å²) in [5.41, 5.74) is 3.10. The van der Waals surface area contributed by atoms with Crippen LogP contribution in [0.25, 0.3) is 18.2 Å². The van der Waals surface area contributed by atoms with Crippen LogP contribution in [0.2, 0.25) is 0 Å². The zero-order chi connectivity index (χ0) is 28.3. The van der Waals surface area contributed by atoms with Crippen molar-refractivity contribution in [1.29, 1.82) is 0 Å². The predicted octanol–water partition coefficient (Wildman–Crippen LogP) is 3.90. The zero-order valence-electron chi connectivity index (χ0n) is 22.2. The van der Waals surface area contributed by atoms with Crippen LogP contribution >= 0.6 is 0 Å². The molecule has 0 fully saturated rings. The molecular weight excluding hydrogens is 515 g/mol. The number of nitrogens with zero attached hydrogens (tertiary/aromatic N) is 2. The highest BCUT2D eigenvalue weighted by Crippen LogP contribution is 2.33. The number of ether oxygens (including phenoxy) is 1. The number of hydrogen-bond donors (Lipinski definition) is 3. The van der Waals surface area contributed by atoms with E-state index in [-0.39, 0.29) is 19.1 Å². The Morgan fingerprint density at radius 2 is 1.85 bits per heavy atom. The number of aromatic amines is 1. The number of carbonyl (C=O) groups excluding carboxylic acids is 2. The van der Waals surface area contributed by atoms with Gasteiger partial charge in [-0.05, 0) is 54.0 Å². The Bertz CT molecular complexity index is 1530. The minimum atomic E-state index is -4.13. The summed E-state index contributed by atoms with van der Waals surface area (Å²) < 4.78 is 39.5. The van der Waals surface area contributed by atoms with Crippen LogP contribution in [0.4, 0.5) is 8.63 Å². The van der Waals surface area contributed by atoms with Gasteiger partial charge in [0, 0.05) is 42.4 Å². The second-order valence-corrected chi connectivity index (χ2v) is 10.0. The molecular formula is C29H30BF2N5O3. The average molecular weight is 545 g/mol. The van der Waals surface area contributed by atoms with E-state index in [1.807, 2.05) is 13.8 Å². The first kappa shape index (κ1) is 26.9. The highest BCUT2D eigenvalue weighted by molar-refractivity contribution is 6.58. The van der Waals surface area contributed by atoms with Gasteiger partial charge in [0.25, 0.3) is 5.91 Å². The topological polar surface area (TPSA) is 91.2 Å². The fourth-order valence-corrected chi connectivity index (χ4v) is 4.61. The molecule has 0 bridgehead atoms. The molecule has 0 saturated heterocycles. The average Bonchev–Trinajstić information content (AvgIpc) is 3.69. The lowest BCUT2D eigenvalue weighted by Crippen LogP contribution is -2.50. The van der Waals surface area contributed by atoms with Crippen LogP contribution in [0, 0.1) is 5.92 Å². The molecule has 0 aliphatic carbocycles. The van der Waals surface area contributed by atoms with Gasteiger partial charge in [0.05, 0.1) is 6.54 Å². The smallest absolute Gasteiger partial charge is 0.484 e. The van der Waals surface area contributed by atoms with E-state index in [4.69, 9.17) is 4.74 Å². The molecule has 3 aromatic rings. The number of amides is 2. The van der Waals surface area contributed by atoms with E-state index in [0.717, 1.165) is 14.5 Å². The molecule has 40 heavy (non-hydrogen) atoms. The Hall–Kier alpha value is -4.67. The number of carbonyl (C=O) groups is 2. The first-order valence-corrected chi connectivity index (χ1v) is 13.1. The molecule has 1 aromatic carbocycles. The summed E-state index contributed by atoms with van der Waals surface area (Å²) in [5, 5.41) is 5.24. The number of fused-ring (bicyclic) bond motifs is 2. The summed E-state index contributed by atoms with van der Waals surface area (Å²) in [6, 6.07) is 13.8. The summed E-state index contributed by atoms with van der Waals surface area (Å²) in [6.07, 6.45) is 10.3. The summed E-state index contributed by atoms with van der Waals surface area (Å²) in [6.45, 7) is 0.0398. The third-order valence-electron chi connectivity index (χ3n) is 6.57. The van der Waals surface area contributed by atoms with Crippen LogP contribution in [0.1, 0.15) is 36.5 Å². The first-order chi connectivity index (χ1) is 19.2. The number of nitrogens with one attached hydrogen (secondary N) is 3. The van der Waals surface area contributed by atoms with Gasteiger partial charge < -0.3 is 38.0 Å². The summed E-state index contributed by atoms with van der Waals surface area (Å²) >= 11 is 0. The van der Waals surface area contributed by atoms with Crippen molar-refractivity contribution in [3.8, 4) is 5.75 Å². The van der Waals surface area contributed by atoms with Crippen molar-refractivity contribution in [2.45, 2.75) is 13.8 Å². The predicted molar refractivity (Wildman–Crippen MR) is 152 cm³/mol. The third-order valence-corrected chi connectivity index (χ3v) is 6.57. The normalized spacial score (nSPS) is 15.3. The van der Waals surface area contributed by atoms with Gasteiger partial charge in [-0.25, -0.2) is 0 Å². The van der Waals surface area contributed by atoms with Crippen molar-refractivity contribution >= 4 is 42.7 Å². The van der Waals surface area contributed by atoms with Gasteiger partial charge >= 0.3 is 6.97 Å². The number of benzene rings is 1. The molecule has 8 nitrogen and oxygen atoms in total. The number of rotatable bonds is 10. The quantitative estimate of drug-likeness (QED) is 0.338. The fourth-order valence-electron chi connectivity index (χ4n) is 4.61. The van der Waals surface area contributed by atoms with Gasteiger partial charge in [-0.2, -0.15) is 0 Å². The van der Waals surface area contributed by atoms with E-state index < -0.39 is 12.9 Å². The van der Waals surface area contributed by atoms with Crippen LogP contribution in [0.15, 0.2) is 72.6 Å². The number of allylic oxidation sites excluding steroid dienone is 2. The molecule has 4 heterocycles. The molecule has 0 spiro atoms. The minimum Gasteiger partial charge on any atom is -0.484 e. The molecule has 2 aliphatic heterocycles. The molecule has 0 radical (unpaired) electrons. The first-order valence-electron chi connectivity index (χ1n) is 13.1. The Kier molecular flexibility index (Phi) is 7.55. The van der Waals surface area contributed by atoms with E-state index in [1.165, 1.54) is 0 Å². The summed E-state index contributed by atoms with van der Waals surface area (Å²) in [4.78, 5) is 26.7. The third kappa shape index (κ3) is 5.68. The molecule has 3 N–H and O–H groups in total. The minimum absolute atomic E-state index is 0.112. The number of H-pyrrole nitrogens is 1. The second-order valence-electron chi connectivity index (χ2n) is 10.0. The van der Waals surface area contributed by atoms with Crippen molar-refractivity contribution in [1.82, 2.24) is 20.1 Å². The number of aromatic nitrogens is 2. The van der Waals surface area contributed by atoms with Crippen molar-refractivity contribution in [3.63, 3.8) is 0 Å². The van der Waals surface area contributed by atoms with E-state index in [0.29, 0.717) is 46.7 Å². The Morgan fingerprint density at radius 1 is 1.05 bits per heavy atom. The second kappa shape index (κ2) is 11.2. The molecule has 0 atom stereocenters. The van der Waals surface area contributed by atoms with Crippen LogP contribution in [-0.2, 0) is 9.59 Å². The number of hydrogen-bond acceptors (Lipinski definition) is 3. The van der Waals surface area contributed by atoms with E-state index in [2.05, 4.69) is 15.6 Å². The standard InChI is InChI=1S/C29H30BF2N5O3/c1-20(2)17-34-28(38)18-35-29(39)19-40-25-12-6-21(7-13-25)5-8-22-9-10-23-16-24-11-14-27(26-4-3-15-33-26)37(24)30(31,32)36(22)23/h3-16,20,33H,17-19H2,1-2H3,(H,34,38)(H,35,39)/b8-5+. The van der Waals surface area contributed by atoms with Crippen molar-refractivity contribution in [3.05, 3.63) is 95.2 Å². The summed E-state index contributed by atoms with van der Waals surface area (Å²) in [5.74, 6) is 0.129. The van der Waals surface area contributed by atoms with Gasteiger partial charge in [-0.1, -0.05) is 32.1 Å².